The molecule has 7 rings (SSSR count). The maximum atomic E-state index is 13.8. The van der Waals surface area contributed by atoms with Gasteiger partial charge in [0.25, 0.3) is 5.91 Å². The smallest absolute Gasteiger partial charge is 0.273 e. The van der Waals surface area contributed by atoms with Gasteiger partial charge in [-0.1, -0.05) is 77.8 Å². The van der Waals surface area contributed by atoms with Gasteiger partial charge in [0.15, 0.2) is 11.5 Å². The highest BCUT2D eigenvalue weighted by atomic mass is 35.5. The summed E-state index contributed by atoms with van der Waals surface area (Å²) in [6.45, 7) is 3.00. The van der Waals surface area contributed by atoms with Crippen LogP contribution in [0.25, 0.3) is 11.3 Å². The number of aryl methyl sites for hydroxylation is 1. The summed E-state index contributed by atoms with van der Waals surface area (Å²) in [6.07, 6.45) is 0. The molecule has 204 valence electrons. The van der Waals surface area contributed by atoms with Crippen molar-refractivity contribution in [3.63, 3.8) is 0 Å². The molecule has 1 amide bonds. The predicted molar refractivity (Wildman–Crippen MR) is 155 cm³/mol. The van der Waals surface area contributed by atoms with E-state index in [1.807, 2.05) is 90.7 Å². The molecule has 0 aliphatic carbocycles. The molecule has 5 aromatic rings. The second kappa shape index (κ2) is 10.3. The van der Waals surface area contributed by atoms with Crippen LogP contribution in [0.4, 0.5) is 0 Å². The highest BCUT2D eigenvalue weighted by Crippen LogP contribution is 2.44. The molecule has 7 nitrogen and oxygen atoms in total. The average molecular weight is 564 g/mol. The SMILES string of the molecule is Cc1ccc(-c2n[nH]c3c2C(c2ccc(OCc4ccccc4Cl)cc2)N(Cc2ccc4c(c2)OCO4)C3=O)cc1. The fourth-order valence-electron chi connectivity index (χ4n) is 5.40. The molecular formula is C33H26ClN3O4. The Hall–Kier alpha value is -4.75. The quantitative estimate of drug-likeness (QED) is 0.229. The number of halogens is 1. The van der Waals surface area contributed by atoms with Crippen molar-refractivity contribution in [2.75, 3.05) is 6.79 Å². The average Bonchev–Trinajstić information content (AvgIpc) is 3.70. The number of fused-ring (bicyclic) bond motifs is 2. The largest absolute Gasteiger partial charge is 0.489 e. The van der Waals surface area contributed by atoms with Crippen molar-refractivity contribution in [1.82, 2.24) is 15.1 Å². The minimum absolute atomic E-state index is 0.104. The van der Waals surface area contributed by atoms with E-state index >= 15 is 0 Å². The number of hydrogen-bond donors (Lipinski definition) is 1. The Labute approximate surface area is 242 Å². The van der Waals surface area contributed by atoms with Crippen LogP contribution in [-0.4, -0.2) is 27.8 Å². The van der Waals surface area contributed by atoms with Crippen LogP contribution in [-0.2, 0) is 13.2 Å². The molecule has 2 aliphatic rings. The first kappa shape index (κ1) is 25.2. The summed E-state index contributed by atoms with van der Waals surface area (Å²) in [4.78, 5) is 15.7. The molecule has 2 aliphatic heterocycles. The fourth-order valence-corrected chi connectivity index (χ4v) is 5.59. The summed E-state index contributed by atoms with van der Waals surface area (Å²) in [5, 5.41) is 8.30. The van der Waals surface area contributed by atoms with Crippen LogP contribution in [0.15, 0.2) is 91.0 Å². The molecule has 0 fully saturated rings. The molecule has 3 heterocycles. The zero-order valence-corrected chi connectivity index (χ0v) is 23.0. The molecule has 4 aromatic carbocycles. The van der Waals surface area contributed by atoms with Crippen LogP contribution in [0.2, 0.25) is 5.02 Å². The van der Waals surface area contributed by atoms with Crippen molar-refractivity contribution < 1.29 is 19.0 Å². The minimum Gasteiger partial charge on any atom is -0.489 e. The predicted octanol–water partition coefficient (Wildman–Crippen LogP) is 7.09. The molecule has 0 saturated carbocycles. The summed E-state index contributed by atoms with van der Waals surface area (Å²) >= 11 is 6.30. The number of ether oxygens (including phenoxy) is 3. The van der Waals surface area contributed by atoms with Crippen molar-refractivity contribution in [3.05, 3.63) is 130 Å². The van der Waals surface area contributed by atoms with Gasteiger partial charge in [-0.25, -0.2) is 0 Å². The number of rotatable bonds is 7. The van der Waals surface area contributed by atoms with Gasteiger partial charge in [0.05, 0.1) is 11.7 Å². The molecule has 0 saturated heterocycles. The fraction of sp³-hybridized carbons (Fsp3) is 0.152. The molecule has 1 unspecified atom stereocenters. The number of carbonyl (C=O) groups is 1. The highest BCUT2D eigenvalue weighted by Gasteiger charge is 2.42. The van der Waals surface area contributed by atoms with E-state index in [1.54, 1.807) is 0 Å². The molecule has 41 heavy (non-hydrogen) atoms. The molecule has 1 N–H and O–H groups in total. The molecule has 1 atom stereocenters. The summed E-state index contributed by atoms with van der Waals surface area (Å²) in [6, 6.07) is 29.1. The number of aromatic nitrogens is 2. The number of aromatic amines is 1. The summed E-state index contributed by atoms with van der Waals surface area (Å²) in [5.41, 5.74) is 7.07. The molecule has 8 heteroatoms. The van der Waals surface area contributed by atoms with Crippen LogP contribution in [0.5, 0.6) is 17.2 Å². The molecule has 0 spiro atoms. The lowest BCUT2D eigenvalue weighted by Crippen LogP contribution is -2.29. The van der Waals surface area contributed by atoms with Crippen LogP contribution < -0.4 is 14.2 Å². The Morgan fingerprint density at radius 2 is 1.76 bits per heavy atom. The lowest BCUT2D eigenvalue weighted by Gasteiger charge is -2.27. The monoisotopic (exact) mass is 563 g/mol. The number of hydrogen-bond acceptors (Lipinski definition) is 5. The van der Waals surface area contributed by atoms with Gasteiger partial charge in [-0.2, -0.15) is 5.10 Å². The van der Waals surface area contributed by atoms with Gasteiger partial charge in [-0.05, 0) is 48.4 Å². The van der Waals surface area contributed by atoms with Crippen LogP contribution >= 0.6 is 11.6 Å². The highest BCUT2D eigenvalue weighted by molar-refractivity contribution is 6.31. The Bertz CT molecular complexity index is 1750. The Morgan fingerprint density at radius 3 is 2.56 bits per heavy atom. The van der Waals surface area contributed by atoms with Crippen LogP contribution in [0, 0.1) is 6.92 Å². The first-order valence-corrected chi connectivity index (χ1v) is 13.7. The van der Waals surface area contributed by atoms with E-state index in [1.165, 1.54) is 0 Å². The maximum absolute atomic E-state index is 13.8. The third-order valence-corrected chi connectivity index (χ3v) is 7.90. The summed E-state index contributed by atoms with van der Waals surface area (Å²) < 4.78 is 17.1. The Balaban J connectivity index is 1.24. The van der Waals surface area contributed by atoms with Crippen molar-refractivity contribution in [2.24, 2.45) is 0 Å². The lowest BCUT2D eigenvalue weighted by molar-refractivity contribution is 0.0730. The van der Waals surface area contributed by atoms with E-state index in [0.29, 0.717) is 41.1 Å². The standard InChI is InChI=1S/C33H26ClN3O4/c1-20-6-9-22(10-7-20)30-29-31(36-35-30)33(38)37(17-21-8-15-27-28(16-21)41-19-40-27)32(29)23-11-13-25(14-12-23)39-18-24-4-2-3-5-26(24)34/h2-16,32H,17-19H2,1H3,(H,35,36). The van der Waals surface area contributed by atoms with E-state index in [-0.39, 0.29) is 18.7 Å². The third-order valence-electron chi connectivity index (χ3n) is 7.53. The van der Waals surface area contributed by atoms with E-state index in [0.717, 1.165) is 39.1 Å². The number of carbonyl (C=O) groups excluding carboxylic acids is 1. The normalized spacial score (nSPS) is 15.3. The zero-order chi connectivity index (χ0) is 27.9. The molecular weight excluding hydrogens is 538 g/mol. The number of nitrogens with one attached hydrogen (secondary N) is 1. The van der Waals surface area contributed by atoms with Gasteiger partial charge in [-0.3, -0.25) is 9.89 Å². The van der Waals surface area contributed by atoms with Crippen LogP contribution in [0.3, 0.4) is 0 Å². The van der Waals surface area contributed by atoms with E-state index in [9.17, 15) is 4.79 Å². The number of H-pyrrole nitrogens is 1. The maximum Gasteiger partial charge on any atom is 0.273 e. The molecule has 0 bridgehead atoms. The first-order chi connectivity index (χ1) is 20.0. The topological polar surface area (TPSA) is 76.7 Å². The number of benzene rings is 4. The molecule has 1 aromatic heterocycles. The first-order valence-electron chi connectivity index (χ1n) is 13.4. The van der Waals surface area contributed by atoms with Crippen molar-refractivity contribution in [3.8, 4) is 28.5 Å². The van der Waals surface area contributed by atoms with Gasteiger partial charge in [-0.15, -0.1) is 0 Å². The second-order valence-corrected chi connectivity index (χ2v) is 10.6. The van der Waals surface area contributed by atoms with E-state index in [2.05, 4.69) is 22.3 Å². The van der Waals surface area contributed by atoms with Crippen molar-refractivity contribution in [2.45, 2.75) is 26.1 Å². The third kappa shape index (κ3) is 4.68. The van der Waals surface area contributed by atoms with Crippen molar-refractivity contribution >= 4 is 17.5 Å². The zero-order valence-electron chi connectivity index (χ0n) is 22.3. The van der Waals surface area contributed by atoms with Crippen LogP contribution in [0.1, 0.15) is 44.3 Å². The lowest BCUT2D eigenvalue weighted by atomic mass is 9.95. The Morgan fingerprint density at radius 1 is 0.976 bits per heavy atom. The van der Waals surface area contributed by atoms with Gasteiger partial charge in [0.2, 0.25) is 6.79 Å². The second-order valence-electron chi connectivity index (χ2n) is 10.2. The van der Waals surface area contributed by atoms with E-state index < -0.39 is 0 Å². The minimum atomic E-state index is -0.351. The molecule has 0 radical (unpaired) electrons. The van der Waals surface area contributed by atoms with Crippen molar-refractivity contribution in [1.29, 1.82) is 0 Å². The summed E-state index contributed by atoms with van der Waals surface area (Å²) in [5.74, 6) is 2.01. The van der Waals surface area contributed by atoms with E-state index in [4.69, 9.17) is 25.8 Å². The van der Waals surface area contributed by atoms with Gasteiger partial charge >= 0.3 is 0 Å². The number of amides is 1. The van der Waals surface area contributed by atoms with Gasteiger partial charge in [0, 0.05) is 28.3 Å². The summed E-state index contributed by atoms with van der Waals surface area (Å²) in [7, 11) is 0. The van der Waals surface area contributed by atoms with Gasteiger partial charge < -0.3 is 19.1 Å². The Kier molecular flexibility index (Phi) is 6.36. The van der Waals surface area contributed by atoms with Gasteiger partial charge in [0.1, 0.15) is 18.1 Å². The number of nitrogens with zero attached hydrogens (tertiary/aromatic N) is 2.